The summed E-state index contributed by atoms with van der Waals surface area (Å²) >= 11 is 0. The van der Waals surface area contributed by atoms with Gasteiger partial charge in [-0.15, -0.1) is 0 Å². The van der Waals surface area contributed by atoms with E-state index >= 15 is 0 Å². The van der Waals surface area contributed by atoms with Crippen molar-refractivity contribution in [1.82, 2.24) is 24.7 Å². The Labute approximate surface area is 196 Å². The third-order valence-electron chi connectivity index (χ3n) is 6.11. The molecule has 2 N–H and O–H groups in total. The summed E-state index contributed by atoms with van der Waals surface area (Å²) in [4.78, 5) is 27.8. The number of carbonyl (C=O) groups excluding carboxylic acids is 1. The van der Waals surface area contributed by atoms with Crippen LogP contribution in [0, 0.1) is 5.92 Å². The van der Waals surface area contributed by atoms with Gasteiger partial charge in [-0.1, -0.05) is 6.07 Å². The molecule has 0 atom stereocenters. The minimum absolute atomic E-state index is 0.114. The van der Waals surface area contributed by atoms with Gasteiger partial charge in [-0.05, 0) is 31.0 Å². The lowest BCUT2D eigenvalue weighted by Crippen LogP contribution is -2.39. The van der Waals surface area contributed by atoms with Crippen LogP contribution in [-0.2, 0) is 4.79 Å². The molecule has 0 bridgehead atoms. The molecule has 0 unspecified atom stereocenters. The third-order valence-corrected chi connectivity index (χ3v) is 6.11. The van der Waals surface area contributed by atoms with Crippen LogP contribution in [0.4, 0.5) is 5.95 Å². The number of nitrogens with two attached hydrogens (primary N) is 1. The maximum atomic E-state index is 11.6. The molecule has 5 rings (SSSR count). The summed E-state index contributed by atoms with van der Waals surface area (Å²) in [5.74, 6) is 2.10. The first-order chi connectivity index (χ1) is 16.6. The zero-order valence-corrected chi connectivity index (χ0v) is 19.0. The fourth-order valence-corrected chi connectivity index (χ4v) is 4.23. The fourth-order valence-electron chi connectivity index (χ4n) is 4.23. The number of amides is 1. The molecule has 3 aromatic heterocycles. The lowest BCUT2D eigenvalue weighted by molar-refractivity contribution is -0.122. The normalized spacial score (nSPS) is 14.4. The highest BCUT2D eigenvalue weighted by molar-refractivity contribution is 5.95. The van der Waals surface area contributed by atoms with Gasteiger partial charge < -0.3 is 20.1 Å². The summed E-state index contributed by atoms with van der Waals surface area (Å²) < 4.78 is 12.7. The van der Waals surface area contributed by atoms with Gasteiger partial charge in [0.2, 0.25) is 11.9 Å². The molecule has 10 nitrogen and oxygen atoms in total. The number of piperidine rings is 1. The summed E-state index contributed by atoms with van der Waals surface area (Å²) in [7, 11) is 3.19. The van der Waals surface area contributed by atoms with Gasteiger partial charge in [0.05, 0.1) is 31.6 Å². The number of hydrogen-bond acceptors (Lipinski definition) is 8. The van der Waals surface area contributed by atoms with Crippen LogP contribution in [0.15, 0.2) is 48.9 Å². The number of pyridine rings is 1. The summed E-state index contributed by atoms with van der Waals surface area (Å²) in [6.07, 6.45) is 6.73. The van der Waals surface area contributed by atoms with Crippen molar-refractivity contribution in [2.45, 2.75) is 12.8 Å². The number of nitrogens with zero attached hydrogens (tertiary/aromatic N) is 6. The average Bonchev–Trinajstić information content (AvgIpc) is 3.38. The maximum absolute atomic E-state index is 11.6. The van der Waals surface area contributed by atoms with Crippen LogP contribution in [0.3, 0.4) is 0 Å². The van der Waals surface area contributed by atoms with Crippen LogP contribution < -0.4 is 20.1 Å². The Morgan fingerprint density at radius 3 is 2.53 bits per heavy atom. The number of benzene rings is 1. The zero-order chi connectivity index (χ0) is 23.7. The molecule has 0 saturated carbocycles. The van der Waals surface area contributed by atoms with Gasteiger partial charge in [-0.3, -0.25) is 4.79 Å². The summed E-state index contributed by atoms with van der Waals surface area (Å²) in [6, 6.07) is 9.39. The number of fused-ring (bicyclic) bond motifs is 1. The molecule has 1 amide bonds. The average molecular weight is 460 g/mol. The van der Waals surface area contributed by atoms with E-state index in [1.54, 1.807) is 31.3 Å². The molecule has 1 aliphatic rings. The molecule has 174 valence electrons. The molecule has 10 heteroatoms. The van der Waals surface area contributed by atoms with Crippen molar-refractivity contribution in [3.63, 3.8) is 0 Å². The number of hydrogen-bond donors (Lipinski definition) is 1. The van der Waals surface area contributed by atoms with E-state index in [0.29, 0.717) is 49.2 Å². The topological polar surface area (TPSA) is 121 Å². The second-order valence-corrected chi connectivity index (χ2v) is 8.12. The molecule has 1 fully saturated rings. The summed E-state index contributed by atoms with van der Waals surface area (Å²) in [6.45, 7) is 1.30. The van der Waals surface area contributed by atoms with E-state index in [-0.39, 0.29) is 11.8 Å². The standard InChI is InChI=1S/C24H25N7O3/c1-33-19-11-17-18(12-20(19)34-2)28-24(30-9-6-15(7-10-30)23(25)32)29-22(17)16-13-27-31(14-16)21-5-3-4-8-26-21/h3-5,8,11-15H,6-7,9-10H2,1-2H3,(H2,25,32). The van der Waals surface area contributed by atoms with Gasteiger partial charge in [0.25, 0.3) is 0 Å². The molecule has 34 heavy (non-hydrogen) atoms. The van der Waals surface area contributed by atoms with E-state index in [0.717, 1.165) is 22.2 Å². The van der Waals surface area contributed by atoms with Crippen LogP contribution >= 0.6 is 0 Å². The molecule has 1 aliphatic heterocycles. The largest absolute Gasteiger partial charge is 0.493 e. The molecule has 1 saturated heterocycles. The Balaban J connectivity index is 1.62. The first-order valence-corrected chi connectivity index (χ1v) is 11.0. The summed E-state index contributed by atoms with van der Waals surface area (Å²) in [5.41, 5.74) is 7.77. The predicted octanol–water partition coefficient (Wildman–Crippen LogP) is 2.60. The molecule has 0 aliphatic carbocycles. The van der Waals surface area contributed by atoms with Crippen molar-refractivity contribution in [2.75, 3.05) is 32.2 Å². The SMILES string of the molecule is COc1cc2nc(N3CCC(C(N)=O)CC3)nc(-c3cnn(-c4ccccn4)c3)c2cc1OC. The molecule has 4 aromatic rings. The molecule has 1 aromatic carbocycles. The number of primary amides is 1. The first-order valence-electron chi connectivity index (χ1n) is 11.0. The third kappa shape index (κ3) is 3.98. The van der Waals surface area contributed by atoms with E-state index in [1.165, 1.54) is 0 Å². The highest BCUT2D eigenvalue weighted by Gasteiger charge is 2.26. The number of aromatic nitrogens is 5. The zero-order valence-electron chi connectivity index (χ0n) is 19.0. The number of rotatable bonds is 6. The highest BCUT2D eigenvalue weighted by Crippen LogP contribution is 2.37. The first kappa shape index (κ1) is 21.6. The van der Waals surface area contributed by atoms with Gasteiger partial charge in [-0.2, -0.15) is 5.10 Å². The van der Waals surface area contributed by atoms with Gasteiger partial charge >= 0.3 is 0 Å². The van der Waals surface area contributed by atoms with Gasteiger partial charge in [0.1, 0.15) is 0 Å². The van der Waals surface area contributed by atoms with Gasteiger partial charge in [-0.25, -0.2) is 19.6 Å². The minimum Gasteiger partial charge on any atom is -0.493 e. The Morgan fingerprint density at radius 2 is 1.85 bits per heavy atom. The fraction of sp³-hybridized carbons (Fsp3) is 0.292. The van der Waals surface area contributed by atoms with Crippen LogP contribution in [0.25, 0.3) is 28.0 Å². The highest BCUT2D eigenvalue weighted by atomic mass is 16.5. The molecule has 0 radical (unpaired) electrons. The Kier molecular flexibility index (Phi) is 5.70. The lowest BCUT2D eigenvalue weighted by Gasteiger charge is -2.31. The molecule has 0 spiro atoms. The van der Waals surface area contributed by atoms with E-state index in [9.17, 15) is 4.79 Å². The van der Waals surface area contributed by atoms with Crippen molar-refractivity contribution in [1.29, 1.82) is 0 Å². The van der Waals surface area contributed by atoms with Crippen LogP contribution in [-0.4, -0.2) is 57.9 Å². The van der Waals surface area contributed by atoms with E-state index in [4.69, 9.17) is 25.2 Å². The van der Waals surface area contributed by atoms with Crippen LogP contribution in [0.1, 0.15) is 12.8 Å². The number of carbonyl (C=O) groups is 1. The van der Waals surface area contributed by atoms with Crippen molar-refractivity contribution in [3.05, 3.63) is 48.9 Å². The molecular formula is C24H25N7O3. The monoisotopic (exact) mass is 459 g/mol. The second-order valence-electron chi connectivity index (χ2n) is 8.12. The van der Waals surface area contributed by atoms with Crippen molar-refractivity contribution < 1.29 is 14.3 Å². The lowest BCUT2D eigenvalue weighted by atomic mass is 9.96. The minimum atomic E-state index is -0.251. The predicted molar refractivity (Wildman–Crippen MR) is 127 cm³/mol. The van der Waals surface area contributed by atoms with Gasteiger partial charge in [0.15, 0.2) is 17.3 Å². The van der Waals surface area contributed by atoms with Gasteiger partial charge in [0, 0.05) is 48.4 Å². The van der Waals surface area contributed by atoms with E-state index in [2.05, 4.69) is 15.0 Å². The quantitative estimate of drug-likeness (QED) is 0.467. The van der Waals surface area contributed by atoms with Crippen molar-refractivity contribution in [2.24, 2.45) is 11.7 Å². The maximum Gasteiger partial charge on any atom is 0.226 e. The molecule has 4 heterocycles. The van der Waals surface area contributed by atoms with Crippen LogP contribution in [0.5, 0.6) is 11.5 Å². The van der Waals surface area contributed by atoms with Crippen LogP contribution in [0.2, 0.25) is 0 Å². The van der Waals surface area contributed by atoms with E-state index < -0.39 is 0 Å². The number of ether oxygens (including phenoxy) is 2. The van der Waals surface area contributed by atoms with E-state index in [1.807, 2.05) is 36.5 Å². The smallest absolute Gasteiger partial charge is 0.226 e. The second kappa shape index (κ2) is 8.97. The number of anilines is 1. The Morgan fingerprint density at radius 1 is 1.09 bits per heavy atom. The van der Waals surface area contributed by atoms with Crippen molar-refractivity contribution in [3.8, 4) is 28.6 Å². The summed E-state index contributed by atoms with van der Waals surface area (Å²) in [5, 5.41) is 5.30. The Bertz CT molecular complexity index is 1330. The Hall–Kier alpha value is -4.21. The molecular weight excluding hydrogens is 434 g/mol. The van der Waals surface area contributed by atoms with Crippen molar-refractivity contribution >= 4 is 22.8 Å². The number of methoxy groups -OCH3 is 2.